The summed E-state index contributed by atoms with van der Waals surface area (Å²) in [5, 5.41) is 0. The van der Waals surface area contributed by atoms with Crippen LogP contribution in [0.3, 0.4) is 0 Å². The van der Waals surface area contributed by atoms with E-state index in [1.54, 1.807) is 19.4 Å². The van der Waals surface area contributed by atoms with E-state index in [9.17, 15) is 8.42 Å². The van der Waals surface area contributed by atoms with Gasteiger partial charge in [0.25, 0.3) is 10.0 Å². The van der Waals surface area contributed by atoms with Crippen LogP contribution >= 0.6 is 0 Å². The number of hydrogen-bond donors (Lipinski definition) is 0. The molecule has 0 aromatic heterocycles. The van der Waals surface area contributed by atoms with Crippen molar-refractivity contribution in [2.75, 3.05) is 18.3 Å². The van der Waals surface area contributed by atoms with Crippen molar-refractivity contribution in [3.8, 4) is 0 Å². The van der Waals surface area contributed by atoms with Crippen molar-refractivity contribution in [3.63, 3.8) is 0 Å². The van der Waals surface area contributed by atoms with Gasteiger partial charge in [0.2, 0.25) is 0 Å². The predicted octanol–water partition coefficient (Wildman–Crippen LogP) is 0.398. The summed E-state index contributed by atoms with van der Waals surface area (Å²) < 4.78 is 24.8. The molecule has 0 N–H and O–H groups in total. The van der Waals surface area contributed by atoms with E-state index in [4.69, 9.17) is 0 Å². The maximum Gasteiger partial charge on any atom is 0.258 e. The number of nitrogens with zero attached hydrogens (tertiary/aromatic N) is 1. The molecule has 9 heavy (non-hydrogen) atoms. The summed E-state index contributed by atoms with van der Waals surface area (Å²) in [6.45, 7) is 1.59. The fourth-order valence-corrected chi connectivity index (χ4v) is 2.52. The van der Waals surface area contributed by atoms with E-state index in [1.807, 2.05) is 0 Å². The highest BCUT2D eigenvalue weighted by atomic mass is 32.3. The van der Waals surface area contributed by atoms with Crippen molar-refractivity contribution >= 4 is 20.7 Å². The zero-order chi connectivity index (χ0) is 7.49. The van der Waals surface area contributed by atoms with Crippen LogP contribution in [0.1, 0.15) is 6.92 Å². The van der Waals surface area contributed by atoms with E-state index < -0.39 is 10.0 Å². The Hall–Kier alpha value is 0.1000. The average molecular weight is 169 g/mol. The van der Waals surface area contributed by atoms with E-state index in [0.29, 0.717) is 0 Å². The van der Waals surface area contributed by atoms with Gasteiger partial charge in [0.15, 0.2) is 0 Å². The molecular weight excluding hydrogens is 158 g/mol. The van der Waals surface area contributed by atoms with Gasteiger partial charge < -0.3 is 0 Å². The van der Waals surface area contributed by atoms with Crippen molar-refractivity contribution in [1.29, 1.82) is 0 Å². The summed E-state index contributed by atoms with van der Waals surface area (Å²) in [4.78, 5) is 0. The third kappa shape index (κ3) is 4.59. The topological polar surface area (TPSA) is 46.5 Å². The quantitative estimate of drug-likeness (QED) is 0.600. The predicted molar refractivity (Wildman–Crippen MR) is 41.1 cm³/mol. The lowest BCUT2D eigenvalue weighted by Crippen LogP contribution is -1.99. The molecule has 0 rings (SSSR count). The molecule has 0 heterocycles. The zero-order valence-electron chi connectivity index (χ0n) is 5.79. The van der Waals surface area contributed by atoms with Gasteiger partial charge in [-0.2, -0.15) is 0 Å². The lowest BCUT2D eigenvalue weighted by molar-refractivity contribution is 0.600. The van der Waals surface area contributed by atoms with Crippen molar-refractivity contribution in [2.45, 2.75) is 6.92 Å². The summed E-state index contributed by atoms with van der Waals surface area (Å²) in [7, 11) is -3.43. The summed E-state index contributed by atoms with van der Waals surface area (Å²) in [6, 6.07) is 0. The highest BCUT2D eigenvalue weighted by molar-refractivity contribution is 7.99. The van der Waals surface area contributed by atoms with Crippen LogP contribution in [-0.4, -0.2) is 26.7 Å². The monoisotopic (exact) mass is 169 g/mol. The molecule has 0 aliphatic heterocycles. The van der Waals surface area contributed by atoms with Gasteiger partial charge in [-0.3, -0.25) is 0 Å². The van der Waals surface area contributed by atoms with Gasteiger partial charge in [0.05, 0.1) is 5.75 Å². The molecule has 0 amide bonds. The van der Waals surface area contributed by atoms with Gasteiger partial charge in [-0.25, -0.2) is 8.42 Å². The van der Waals surface area contributed by atoms with E-state index in [2.05, 4.69) is 3.77 Å². The molecule has 0 aromatic carbocycles. The Kier molecular flexibility index (Phi) is 3.35. The third-order valence-electron chi connectivity index (χ3n) is 0.627. The first-order chi connectivity index (χ1) is 3.98. The number of hydrogen-bond acceptors (Lipinski definition) is 2. The molecular formula is C4H11NO2S2. The van der Waals surface area contributed by atoms with Crippen molar-refractivity contribution in [1.82, 2.24) is 0 Å². The van der Waals surface area contributed by atoms with Crippen LogP contribution < -0.4 is 0 Å². The minimum Gasteiger partial charge on any atom is -0.204 e. The van der Waals surface area contributed by atoms with Gasteiger partial charge in [-0.05, 0) is 19.4 Å². The Labute approximate surface area is 58.6 Å². The smallest absolute Gasteiger partial charge is 0.204 e. The molecule has 0 spiro atoms. The molecule has 0 aliphatic carbocycles. The van der Waals surface area contributed by atoms with Crippen LogP contribution in [0.4, 0.5) is 0 Å². The van der Waals surface area contributed by atoms with Gasteiger partial charge in [-0.15, -0.1) is 3.77 Å². The maximum atomic E-state index is 10.6. The Bertz CT molecular complexity index is 201. The highest BCUT2D eigenvalue weighted by Crippen LogP contribution is 1.92. The van der Waals surface area contributed by atoms with Gasteiger partial charge in [0.1, 0.15) is 0 Å². The fraction of sp³-hybridized carbons (Fsp3) is 1.00. The van der Waals surface area contributed by atoms with Gasteiger partial charge in [-0.1, -0.05) is 10.7 Å². The highest BCUT2D eigenvalue weighted by Gasteiger charge is 2.00. The van der Waals surface area contributed by atoms with Crippen molar-refractivity contribution in [2.24, 2.45) is 3.77 Å². The Morgan fingerprint density at radius 2 is 1.89 bits per heavy atom. The summed E-state index contributed by atoms with van der Waals surface area (Å²) >= 11 is 0. The van der Waals surface area contributed by atoms with E-state index in [-0.39, 0.29) is 16.4 Å². The Balaban J connectivity index is 4.41. The fourth-order valence-electron chi connectivity index (χ4n) is 0.280. The van der Waals surface area contributed by atoms with E-state index >= 15 is 0 Å². The SMILES string of the molecule is CCS(=O)(=O)N=S(C)C. The Morgan fingerprint density at radius 3 is 2.00 bits per heavy atom. The minimum atomic E-state index is -3.08. The molecule has 0 saturated heterocycles. The normalized spacial score (nSPS) is 12.0. The number of rotatable bonds is 2. The number of sulfonamides is 1. The van der Waals surface area contributed by atoms with Crippen LogP contribution in [0.5, 0.6) is 0 Å². The molecule has 56 valence electrons. The Morgan fingerprint density at radius 1 is 1.44 bits per heavy atom. The third-order valence-corrected chi connectivity index (χ3v) is 3.46. The second kappa shape index (κ2) is 3.31. The van der Waals surface area contributed by atoms with Crippen LogP contribution in [0, 0.1) is 0 Å². The lowest BCUT2D eigenvalue weighted by Gasteiger charge is -1.91. The maximum absolute atomic E-state index is 10.6. The minimum absolute atomic E-state index is 0.109. The van der Waals surface area contributed by atoms with Crippen LogP contribution in [-0.2, 0) is 20.7 Å². The standard InChI is InChI=1S/C4H11NO2S2/c1-4-9(6,7)5-8(2)3/h4H2,1-3H3. The van der Waals surface area contributed by atoms with Crippen molar-refractivity contribution < 1.29 is 8.42 Å². The molecule has 0 fully saturated rings. The second-order valence-electron chi connectivity index (χ2n) is 1.72. The van der Waals surface area contributed by atoms with Gasteiger partial charge >= 0.3 is 0 Å². The summed E-state index contributed by atoms with van der Waals surface area (Å²) in [5.41, 5.74) is 0. The molecule has 0 atom stereocenters. The van der Waals surface area contributed by atoms with Crippen LogP contribution in [0.2, 0.25) is 0 Å². The summed E-state index contributed by atoms with van der Waals surface area (Å²) in [5.74, 6) is 0.109. The first kappa shape index (κ1) is 9.10. The molecule has 5 heteroatoms. The first-order valence-corrected chi connectivity index (χ1v) is 6.12. The molecule has 0 aromatic rings. The molecule has 3 nitrogen and oxygen atoms in total. The molecule has 0 aliphatic rings. The van der Waals surface area contributed by atoms with Gasteiger partial charge in [0, 0.05) is 0 Å². The van der Waals surface area contributed by atoms with E-state index in [1.165, 1.54) is 0 Å². The summed E-state index contributed by atoms with van der Waals surface area (Å²) in [6.07, 6.45) is 3.54. The average Bonchev–Trinajstić information content (AvgIpc) is 1.63. The largest absolute Gasteiger partial charge is 0.258 e. The molecule has 0 radical (unpaired) electrons. The van der Waals surface area contributed by atoms with E-state index in [0.717, 1.165) is 0 Å². The molecule has 0 saturated carbocycles. The molecule has 0 unspecified atom stereocenters. The zero-order valence-corrected chi connectivity index (χ0v) is 7.42. The van der Waals surface area contributed by atoms with Crippen LogP contribution in [0.15, 0.2) is 3.77 Å². The van der Waals surface area contributed by atoms with Crippen molar-refractivity contribution in [3.05, 3.63) is 0 Å². The lowest BCUT2D eigenvalue weighted by atomic mass is 11.0. The second-order valence-corrected chi connectivity index (χ2v) is 5.60. The first-order valence-electron chi connectivity index (χ1n) is 2.51. The molecule has 0 bridgehead atoms. The van der Waals surface area contributed by atoms with Crippen LogP contribution in [0.25, 0.3) is 0 Å².